The van der Waals surface area contributed by atoms with E-state index in [1.54, 1.807) is 13.3 Å². The summed E-state index contributed by atoms with van der Waals surface area (Å²) in [5, 5.41) is 0. The maximum Gasteiger partial charge on any atom is 0.118 e. The fourth-order valence-electron chi connectivity index (χ4n) is 1.84. The summed E-state index contributed by atoms with van der Waals surface area (Å²) in [4.78, 5) is 4.18. The summed E-state index contributed by atoms with van der Waals surface area (Å²) in [5.41, 5.74) is 3.39. The predicted molar refractivity (Wildman–Crippen MR) is 79.1 cm³/mol. The van der Waals surface area contributed by atoms with Crippen molar-refractivity contribution in [1.29, 1.82) is 0 Å². The first kappa shape index (κ1) is 13.1. The topological polar surface area (TPSA) is 22.1 Å². The minimum absolute atomic E-state index is 0.861. The minimum atomic E-state index is 0.861. The zero-order valence-electron chi connectivity index (χ0n) is 11.2. The third-order valence-electron chi connectivity index (χ3n) is 2.83. The van der Waals surface area contributed by atoms with Crippen molar-refractivity contribution in [3.05, 3.63) is 78.1 Å². The fourth-order valence-corrected chi connectivity index (χ4v) is 1.84. The van der Waals surface area contributed by atoms with Crippen LogP contribution in [0.4, 0.5) is 0 Å². The highest BCUT2D eigenvalue weighted by Crippen LogP contribution is 2.24. The molecule has 0 aliphatic rings. The number of rotatable bonds is 4. The van der Waals surface area contributed by atoms with Crippen LogP contribution in [-0.2, 0) is 0 Å². The highest BCUT2D eigenvalue weighted by atomic mass is 16.5. The lowest BCUT2D eigenvalue weighted by Gasteiger charge is -2.08. The molecule has 0 radical (unpaired) electrons. The Morgan fingerprint density at radius 1 is 1.11 bits per heavy atom. The van der Waals surface area contributed by atoms with Crippen LogP contribution in [0.3, 0.4) is 0 Å². The van der Waals surface area contributed by atoms with Gasteiger partial charge in [0.25, 0.3) is 0 Å². The number of allylic oxidation sites excluding steroid dienone is 3. The number of aromatic nitrogens is 1. The zero-order valence-corrected chi connectivity index (χ0v) is 11.2. The third kappa shape index (κ3) is 3.32. The van der Waals surface area contributed by atoms with Crippen molar-refractivity contribution in [3.8, 4) is 5.75 Å². The van der Waals surface area contributed by atoms with E-state index >= 15 is 0 Å². The normalized spacial score (nSPS) is 11.8. The Hall–Kier alpha value is -2.35. The lowest BCUT2D eigenvalue weighted by molar-refractivity contribution is 0.415. The highest BCUT2D eigenvalue weighted by molar-refractivity contribution is 5.80. The van der Waals surface area contributed by atoms with E-state index in [0.717, 1.165) is 22.4 Å². The quantitative estimate of drug-likeness (QED) is 0.763. The van der Waals surface area contributed by atoms with Gasteiger partial charge in [-0.15, -0.1) is 0 Å². The molecule has 1 aromatic heterocycles. The lowest BCUT2D eigenvalue weighted by Crippen LogP contribution is -1.89. The van der Waals surface area contributed by atoms with E-state index in [1.807, 2.05) is 43.5 Å². The van der Waals surface area contributed by atoms with Gasteiger partial charge in [-0.2, -0.15) is 0 Å². The summed E-state index contributed by atoms with van der Waals surface area (Å²) in [5.74, 6) is 0.861. The monoisotopic (exact) mass is 251 g/mol. The summed E-state index contributed by atoms with van der Waals surface area (Å²) in [6.45, 7) is 2.01. The van der Waals surface area contributed by atoms with Crippen LogP contribution in [0.5, 0.6) is 5.75 Å². The second-order valence-corrected chi connectivity index (χ2v) is 4.08. The second kappa shape index (κ2) is 6.55. The van der Waals surface area contributed by atoms with Gasteiger partial charge in [-0.3, -0.25) is 4.98 Å². The van der Waals surface area contributed by atoms with Gasteiger partial charge in [-0.25, -0.2) is 0 Å². The molecule has 0 spiro atoms. The predicted octanol–water partition coefficient (Wildman–Crippen LogP) is 4.10. The standard InChI is InChI=1S/C17H17NO/c1-3-4-7-17(15-6-5-12-18-13-15)14-8-10-16(19-2)11-9-14/h3-13H,1-2H3/b4-3+,17-7-. The Labute approximate surface area is 114 Å². The van der Waals surface area contributed by atoms with Gasteiger partial charge in [-0.05, 0) is 36.3 Å². The Morgan fingerprint density at radius 3 is 2.47 bits per heavy atom. The second-order valence-electron chi connectivity index (χ2n) is 4.08. The van der Waals surface area contributed by atoms with Gasteiger partial charge < -0.3 is 4.74 Å². The molecule has 1 heterocycles. The van der Waals surface area contributed by atoms with E-state index in [9.17, 15) is 0 Å². The number of hydrogen-bond acceptors (Lipinski definition) is 2. The van der Waals surface area contributed by atoms with Crippen LogP contribution in [0.2, 0.25) is 0 Å². The number of hydrogen-bond donors (Lipinski definition) is 0. The molecule has 0 bridgehead atoms. The summed E-state index contributed by atoms with van der Waals surface area (Å²) in [6.07, 6.45) is 9.80. The van der Waals surface area contributed by atoms with Gasteiger partial charge >= 0.3 is 0 Å². The molecule has 0 N–H and O–H groups in total. The van der Waals surface area contributed by atoms with E-state index in [-0.39, 0.29) is 0 Å². The van der Waals surface area contributed by atoms with Crippen LogP contribution in [0.25, 0.3) is 5.57 Å². The number of ether oxygens (including phenoxy) is 1. The Morgan fingerprint density at radius 2 is 1.89 bits per heavy atom. The van der Waals surface area contributed by atoms with Crippen molar-refractivity contribution in [2.75, 3.05) is 7.11 Å². The summed E-state index contributed by atoms with van der Waals surface area (Å²) < 4.78 is 5.19. The van der Waals surface area contributed by atoms with Crippen molar-refractivity contribution in [2.24, 2.45) is 0 Å². The van der Waals surface area contributed by atoms with Crippen LogP contribution in [0.1, 0.15) is 18.1 Å². The number of pyridine rings is 1. The van der Waals surface area contributed by atoms with E-state index in [2.05, 4.69) is 29.3 Å². The first-order chi connectivity index (χ1) is 9.35. The van der Waals surface area contributed by atoms with E-state index in [1.165, 1.54) is 0 Å². The summed E-state index contributed by atoms with van der Waals surface area (Å²) >= 11 is 0. The number of nitrogens with zero attached hydrogens (tertiary/aromatic N) is 1. The Kier molecular flexibility index (Phi) is 4.51. The summed E-state index contributed by atoms with van der Waals surface area (Å²) in [6, 6.07) is 12.1. The Balaban J connectivity index is 2.43. The van der Waals surface area contributed by atoms with Crippen molar-refractivity contribution in [3.63, 3.8) is 0 Å². The molecule has 2 heteroatoms. The molecular formula is C17H17NO. The maximum atomic E-state index is 5.19. The molecule has 2 aromatic rings. The molecule has 1 aromatic carbocycles. The molecule has 0 aliphatic heterocycles. The van der Waals surface area contributed by atoms with Gasteiger partial charge in [0.1, 0.15) is 5.75 Å². The van der Waals surface area contributed by atoms with Gasteiger partial charge in [0.05, 0.1) is 7.11 Å². The van der Waals surface area contributed by atoms with E-state index < -0.39 is 0 Å². The molecule has 2 nitrogen and oxygen atoms in total. The van der Waals surface area contributed by atoms with Crippen LogP contribution >= 0.6 is 0 Å². The van der Waals surface area contributed by atoms with Crippen molar-refractivity contribution < 1.29 is 4.74 Å². The molecule has 96 valence electrons. The van der Waals surface area contributed by atoms with Gasteiger partial charge in [0.15, 0.2) is 0 Å². The average molecular weight is 251 g/mol. The van der Waals surface area contributed by atoms with Crippen molar-refractivity contribution in [1.82, 2.24) is 4.98 Å². The number of methoxy groups -OCH3 is 1. The maximum absolute atomic E-state index is 5.19. The van der Waals surface area contributed by atoms with Crippen LogP contribution < -0.4 is 4.74 Å². The molecule has 0 amide bonds. The van der Waals surface area contributed by atoms with Crippen LogP contribution in [-0.4, -0.2) is 12.1 Å². The van der Waals surface area contributed by atoms with Gasteiger partial charge in [-0.1, -0.05) is 36.4 Å². The van der Waals surface area contributed by atoms with Gasteiger partial charge in [0.2, 0.25) is 0 Å². The molecular weight excluding hydrogens is 234 g/mol. The SMILES string of the molecule is C/C=C/C=C(/c1ccc(OC)cc1)c1cccnc1. The molecule has 0 aliphatic carbocycles. The van der Waals surface area contributed by atoms with Crippen LogP contribution in [0.15, 0.2) is 67.0 Å². The average Bonchev–Trinajstić information content (AvgIpc) is 2.49. The highest BCUT2D eigenvalue weighted by Gasteiger charge is 2.04. The smallest absolute Gasteiger partial charge is 0.118 e. The fraction of sp³-hybridized carbons (Fsp3) is 0.118. The molecule has 0 unspecified atom stereocenters. The first-order valence-corrected chi connectivity index (χ1v) is 6.23. The zero-order chi connectivity index (χ0) is 13.5. The molecule has 2 rings (SSSR count). The molecule has 0 atom stereocenters. The largest absolute Gasteiger partial charge is 0.497 e. The van der Waals surface area contributed by atoms with E-state index in [4.69, 9.17) is 4.74 Å². The van der Waals surface area contributed by atoms with Crippen LogP contribution in [0, 0.1) is 0 Å². The molecule has 19 heavy (non-hydrogen) atoms. The molecule has 0 saturated heterocycles. The van der Waals surface area contributed by atoms with Crippen molar-refractivity contribution >= 4 is 5.57 Å². The Bertz CT molecular complexity index is 568. The summed E-state index contributed by atoms with van der Waals surface area (Å²) in [7, 11) is 1.67. The third-order valence-corrected chi connectivity index (χ3v) is 2.83. The van der Waals surface area contributed by atoms with E-state index in [0.29, 0.717) is 0 Å². The van der Waals surface area contributed by atoms with Gasteiger partial charge in [0, 0.05) is 18.0 Å². The molecule has 0 saturated carbocycles. The first-order valence-electron chi connectivity index (χ1n) is 6.23. The molecule has 0 fully saturated rings. The minimum Gasteiger partial charge on any atom is -0.497 e. The number of benzene rings is 1. The van der Waals surface area contributed by atoms with Crippen molar-refractivity contribution in [2.45, 2.75) is 6.92 Å². The lowest BCUT2D eigenvalue weighted by atomic mass is 9.99.